The molecule has 0 bridgehead atoms. The van der Waals surface area contributed by atoms with E-state index in [4.69, 9.17) is 4.74 Å². The lowest BCUT2D eigenvalue weighted by atomic mass is 10.1. The molecule has 6 nitrogen and oxygen atoms in total. The molecule has 0 aliphatic carbocycles. The topological polar surface area (TPSA) is 71.0 Å². The molecule has 0 spiro atoms. The maximum absolute atomic E-state index is 12.0. The Morgan fingerprint density at radius 3 is 2.80 bits per heavy atom. The fraction of sp³-hybridized carbons (Fsp3) is 0.923. The molecule has 0 saturated carbocycles. The molecule has 2 saturated heterocycles. The largest absolute Gasteiger partial charge is 0.381 e. The van der Waals surface area contributed by atoms with E-state index >= 15 is 0 Å². The number of hydrogen-bond donors (Lipinski definition) is 1. The number of aliphatic imine (C=N–C) groups is 1. The van der Waals surface area contributed by atoms with Crippen molar-refractivity contribution < 1.29 is 13.2 Å². The molecule has 116 valence electrons. The van der Waals surface area contributed by atoms with E-state index < -0.39 is 14.6 Å². The molecule has 0 aromatic heterocycles. The standard InChI is InChI=1S/C13H25N3O3S/c1-13(2)10-16(5-7-20(13,17)18)12(14-3)15-8-11-4-6-19-9-11/h11H,4-10H2,1-3H3,(H,14,15). The van der Waals surface area contributed by atoms with Gasteiger partial charge in [0.2, 0.25) is 0 Å². The molecule has 0 aromatic rings. The summed E-state index contributed by atoms with van der Waals surface area (Å²) in [7, 11) is -1.27. The van der Waals surface area contributed by atoms with Gasteiger partial charge in [0.25, 0.3) is 0 Å². The molecular formula is C13H25N3O3S. The number of rotatable bonds is 2. The molecule has 2 rings (SSSR count). The second-order valence-electron chi connectivity index (χ2n) is 6.16. The first-order valence-electron chi connectivity index (χ1n) is 7.11. The monoisotopic (exact) mass is 303 g/mol. The Morgan fingerprint density at radius 2 is 2.25 bits per heavy atom. The number of nitrogens with zero attached hydrogens (tertiary/aromatic N) is 2. The highest BCUT2D eigenvalue weighted by molar-refractivity contribution is 7.92. The highest BCUT2D eigenvalue weighted by Crippen LogP contribution is 2.23. The van der Waals surface area contributed by atoms with Gasteiger partial charge in [-0.2, -0.15) is 0 Å². The van der Waals surface area contributed by atoms with Crippen LogP contribution in [0.2, 0.25) is 0 Å². The molecule has 1 unspecified atom stereocenters. The minimum atomic E-state index is -3.01. The van der Waals surface area contributed by atoms with Gasteiger partial charge in [0.1, 0.15) is 0 Å². The highest BCUT2D eigenvalue weighted by atomic mass is 32.2. The second-order valence-corrected chi connectivity index (χ2v) is 8.90. The van der Waals surface area contributed by atoms with E-state index in [9.17, 15) is 8.42 Å². The summed E-state index contributed by atoms with van der Waals surface area (Å²) >= 11 is 0. The van der Waals surface area contributed by atoms with Crippen LogP contribution in [0.15, 0.2) is 4.99 Å². The van der Waals surface area contributed by atoms with Crippen LogP contribution in [0.25, 0.3) is 0 Å². The van der Waals surface area contributed by atoms with Crippen LogP contribution >= 0.6 is 0 Å². The first-order chi connectivity index (χ1) is 9.36. The normalized spacial score (nSPS) is 29.4. The van der Waals surface area contributed by atoms with Crippen LogP contribution in [0.3, 0.4) is 0 Å². The molecule has 2 fully saturated rings. The lowest BCUT2D eigenvalue weighted by Crippen LogP contribution is -2.57. The van der Waals surface area contributed by atoms with E-state index in [1.54, 1.807) is 20.9 Å². The summed E-state index contributed by atoms with van der Waals surface area (Å²) in [5, 5.41) is 3.35. The lowest BCUT2D eigenvalue weighted by Gasteiger charge is -2.39. The Labute approximate surface area is 121 Å². The summed E-state index contributed by atoms with van der Waals surface area (Å²) in [5.74, 6) is 1.50. The quantitative estimate of drug-likeness (QED) is 0.579. The number of hydrogen-bond acceptors (Lipinski definition) is 4. The minimum Gasteiger partial charge on any atom is -0.381 e. The predicted octanol–water partition coefficient (Wildman–Crippen LogP) is 0.107. The van der Waals surface area contributed by atoms with Crippen molar-refractivity contribution in [2.24, 2.45) is 10.9 Å². The Kier molecular flexibility index (Phi) is 4.59. The summed E-state index contributed by atoms with van der Waals surface area (Å²) in [5.41, 5.74) is 0. The molecule has 2 heterocycles. The van der Waals surface area contributed by atoms with Gasteiger partial charge in [-0.15, -0.1) is 0 Å². The lowest BCUT2D eigenvalue weighted by molar-refractivity contribution is 0.186. The average Bonchev–Trinajstić information content (AvgIpc) is 2.87. The number of ether oxygens (including phenoxy) is 1. The van der Waals surface area contributed by atoms with Gasteiger partial charge in [0, 0.05) is 39.2 Å². The van der Waals surface area contributed by atoms with Gasteiger partial charge in [-0.05, 0) is 20.3 Å². The van der Waals surface area contributed by atoms with E-state index in [1.165, 1.54) is 0 Å². The van der Waals surface area contributed by atoms with Crippen LogP contribution in [-0.4, -0.2) is 69.7 Å². The van der Waals surface area contributed by atoms with Crippen LogP contribution in [0.5, 0.6) is 0 Å². The maximum Gasteiger partial charge on any atom is 0.193 e. The zero-order valence-electron chi connectivity index (χ0n) is 12.6. The van der Waals surface area contributed by atoms with Crippen molar-refractivity contribution in [3.8, 4) is 0 Å². The first-order valence-corrected chi connectivity index (χ1v) is 8.76. The fourth-order valence-corrected chi connectivity index (χ4v) is 4.00. The van der Waals surface area contributed by atoms with Crippen molar-refractivity contribution in [2.45, 2.75) is 25.0 Å². The molecule has 0 radical (unpaired) electrons. The van der Waals surface area contributed by atoms with Crippen LogP contribution in [0, 0.1) is 5.92 Å². The zero-order valence-corrected chi connectivity index (χ0v) is 13.4. The molecule has 0 amide bonds. The summed E-state index contributed by atoms with van der Waals surface area (Å²) in [6.45, 7) is 7.02. The Hall–Kier alpha value is -0.820. The Bertz CT molecular complexity index is 467. The zero-order chi connectivity index (χ0) is 14.8. The van der Waals surface area contributed by atoms with Crippen LogP contribution in [0.4, 0.5) is 0 Å². The van der Waals surface area contributed by atoms with Crippen molar-refractivity contribution in [2.75, 3.05) is 45.6 Å². The molecule has 2 aliphatic heterocycles. The smallest absolute Gasteiger partial charge is 0.193 e. The van der Waals surface area contributed by atoms with Gasteiger partial charge in [0.05, 0.1) is 17.1 Å². The van der Waals surface area contributed by atoms with Gasteiger partial charge in [-0.25, -0.2) is 8.42 Å². The minimum absolute atomic E-state index is 0.188. The third-order valence-corrected chi connectivity index (χ3v) is 6.66. The van der Waals surface area contributed by atoms with Crippen molar-refractivity contribution in [3.63, 3.8) is 0 Å². The molecule has 2 aliphatic rings. The SMILES string of the molecule is CN=C(NCC1CCOC1)N1CCS(=O)(=O)C(C)(C)C1. The average molecular weight is 303 g/mol. The Morgan fingerprint density at radius 1 is 1.50 bits per heavy atom. The first kappa shape index (κ1) is 15.6. The third-order valence-electron chi connectivity index (χ3n) is 4.13. The van der Waals surface area contributed by atoms with E-state index in [-0.39, 0.29) is 5.75 Å². The van der Waals surface area contributed by atoms with E-state index in [0.717, 1.165) is 32.1 Å². The third kappa shape index (κ3) is 3.25. The van der Waals surface area contributed by atoms with Crippen LogP contribution in [0.1, 0.15) is 20.3 Å². The summed E-state index contributed by atoms with van der Waals surface area (Å²) in [6.07, 6.45) is 1.07. The van der Waals surface area contributed by atoms with E-state index in [0.29, 0.717) is 19.0 Å². The van der Waals surface area contributed by atoms with E-state index in [2.05, 4.69) is 10.3 Å². The molecule has 20 heavy (non-hydrogen) atoms. The molecular weight excluding hydrogens is 278 g/mol. The summed E-state index contributed by atoms with van der Waals surface area (Å²) in [6, 6.07) is 0. The Balaban J connectivity index is 1.95. The van der Waals surface area contributed by atoms with Gasteiger partial charge in [-0.3, -0.25) is 4.99 Å². The van der Waals surface area contributed by atoms with Gasteiger partial charge >= 0.3 is 0 Å². The fourth-order valence-electron chi connectivity index (χ4n) is 2.64. The van der Waals surface area contributed by atoms with Crippen molar-refractivity contribution in [1.82, 2.24) is 10.2 Å². The maximum atomic E-state index is 12.0. The van der Waals surface area contributed by atoms with Crippen molar-refractivity contribution >= 4 is 15.8 Å². The molecule has 1 N–H and O–H groups in total. The van der Waals surface area contributed by atoms with Gasteiger partial charge in [-0.1, -0.05) is 0 Å². The van der Waals surface area contributed by atoms with Gasteiger partial charge < -0.3 is 15.0 Å². The van der Waals surface area contributed by atoms with Crippen LogP contribution < -0.4 is 5.32 Å². The molecule has 1 atom stereocenters. The van der Waals surface area contributed by atoms with Crippen LogP contribution in [-0.2, 0) is 14.6 Å². The molecule has 0 aromatic carbocycles. The van der Waals surface area contributed by atoms with Crippen molar-refractivity contribution in [3.05, 3.63) is 0 Å². The molecule has 7 heteroatoms. The highest BCUT2D eigenvalue weighted by Gasteiger charge is 2.41. The second kappa shape index (κ2) is 5.89. The summed E-state index contributed by atoms with van der Waals surface area (Å²) < 4.78 is 28.7. The predicted molar refractivity (Wildman–Crippen MR) is 79.7 cm³/mol. The number of nitrogens with one attached hydrogen (secondary N) is 1. The number of sulfone groups is 1. The van der Waals surface area contributed by atoms with Crippen molar-refractivity contribution in [1.29, 1.82) is 0 Å². The van der Waals surface area contributed by atoms with E-state index in [1.807, 2.05) is 4.90 Å². The number of guanidine groups is 1. The summed E-state index contributed by atoms with van der Waals surface area (Å²) in [4.78, 5) is 6.32. The van der Waals surface area contributed by atoms with Gasteiger partial charge in [0.15, 0.2) is 15.8 Å².